The Bertz CT molecular complexity index is 1140. The number of esters is 1. The Labute approximate surface area is 202 Å². The summed E-state index contributed by atoms with van der Waals surface area (Å²) in [6, 6.07) is 18.9. The number of carbonyl (C=O) groups is 2. The average molecular weight is 482 g/mol. The number of nitrogens with one attached hydrogen (secondary N) is 2. The molecule has 0 radical (unpaired) electrons. The summed E-state index contributed by atoms with van der Waals surface area (Å²) >= 11 is 7.66. The molecular formula is C25H24ClN3O3S. The second-order valence-electron chi connectivity index (χ2n) is 7.24. The molecule has 1 amide bonds. The Kier molecular flexibility index (Phi) is 8.58. The zero-order chi connectivity index (χ0) is 23.8. The number of carbonyl (C=O) groups excluding carboxylic acids is 2. The van der Waals surface area contributed by atoms with Crippen LogP contribution in [0.1, 0.15) is 30.9 Å². The maximum Gasteiger partial charge on any atom is 0.336 e. The van der Waals surface area contributed by atoms with Gasteiger partial charge in [0.05, 0.1) is 40.5 Å². The number of dihydropyridines is 1. The van der Waals surface area contributed by atoms with E-state index in [0.717, 1.165) is 5.56 Å². The Morgan fingerprint density at radius 3 is 2.55 bits per heavy atom. The molecule has 0 spiro atoms. The molecule has 0 aliphatic carbocycles. The average Bonchev–Trinajstić information content (AvgIpc) is 2.82. The van der Waals surface area contributed by atoms with Crippen molar-refractivity contribution >= 4 is 35.2 Å². The van der Waals surface area contributed by atoms with E-state index < -0.39 is 11.9 Å². The lowest BCUT2D eigenvalue weighted by Crippen LogP contribution is -2.30. The number of nitrogens with zero attached hydrogens (tertiary/aromatic N) is 1. The minimum Gasteiger partial charge on any atom is -0.463 e. The molecule has 2 aromatic carbocycles. The summed E-state index contributed by atoms with van der Waals surface area (Å²) in [5.41, 5.74) is 2.84. The standard InChI is InChI=1S/C25H24ClN3O3S/c1-3-32-25(31)22-16(2)29-24(19(13-27)23(22)18-11-7-8-12-20(18)26)33-15-21(30)28-14-17-9-5-4-6-10-17/h4-12,23,29H,3,14-15H2,1-2H3,(H,28,30). The topological polar surface area (TPSA) is 91.2 Å². The number of hydrogen-bond donors (Lipinski definition) is 2. The monoisotopic (exact) mass is 481 g/mol. The Balaban J connectivity index is 1.85. The highest BCUT2D eigenvalue weighted by Gasteiger charge is 2.36. The predicted molar refractivity (Wildman–Crippen MR) is 130 cm³/mol. The normalized spacial score (nSPS) is 15.5. The molecule has 0 fully saturated rings. The quantitative estimate of drug-likeness (QED) is 0.533. The molecule has 8 heteroatoms. The Morgan fingerprint density at radius 1 is 1.18 bits per heavy atom. The summed E-state index contributed by atoms with van der Waals surface area (Å²) in [5, 5.41) is 17.0. The fourth-order valence-electron chi connectivity index (χ4n) is 3.51. The summed E-state index contributed by atoms with van der Waals surface area (Å²) < 4.78 is 5.26. The molecule has 2 aromatic rings. The number of hydrogen-bond acceptors (Lipinski definition) is 6. The third-order valence-corrected chi connectivity index (χ3v) is 6.40. The first kappa shape index (κ1) is 24.4. The van der Waals surface area contributed by atoms with E-state index >= 15 is 0 Å². The minimum absolute atomic E-state index is 0.109. The van der Waals surface area contributed by atoms with Gasteiger partial charge in [-0.25, -0.2) is 4.79 Å². The lowest BCUT2D eigenvalue weighted by Gasteiger charge is -2.29. The molecule has 33 heavy (non-hydrogen) atoms. The highest BCUT2D eigenvalue weighted by Crippen LogP contribution is 2.43. The lowest BCUT2D eigenvalue weighted by atomic mass is 9.82. The highest BCUT2D eigenvalue weighted by atomic mass is 35.5. The van der Waals surface area contributed by atoms with E-state index in [-0.39, 0.29) is 18.3 Å². The van der Waals surface area contributed by atoms with Gasteiger partial charge in [-0.15, -0.1) is 0 Å². The van der Waals surface area contributed by atoms with Crippen molar-refractivity contribution in [2.45, 2.75) is 26.3 Å². The molecule has 6 nitrogen and oxygen atoms in total. The maximum absolute atomic E-state index is 12.8. The van der Waals surface area contributed by atoms with Gasteiger partial charge >= 0.3 is 5.97 Å². The third-order valence-electron chi connectivity index (χ3n) is 5.04. The highest BCUT2D eigenvalue weighted by molar-refractivity contribution is 8.03. The van der Waals surface area contributed by atoms with E-state index in [1.807, 2.05) is 30.3 Å². The van der Waals surface area contributed by atoms with E-state index in [4.69, 9.17) is 16.3 Å². The van der Waals surface area contributed by atoms with Crippen LogP contribution in [-0.2, 0) is 20.9 Å². The van der Waals surface area contributed by atoms with Crippen molar-refractivity contribution in [2.75, 3.05) is 12.4 Å². The summed E-state index contributed by atoms with van der Waals surface area (Å²) in [7, 11) is 0. The first-order chi connectivity index (χ1) is 16.0. The van der Waals surface area contributed by atoms with Gasteiger partial charge in [0.15, 0.2) is 0 Å². The number of allylic oxidation sites excluding steroid dienone is 2. The molecule has 1 atom stereocenters. The molecule has 1 aliphatic heterocycles. The summed E-state index contributed by atoms with van der Waals surface area (Å²) in [5.74, 6) is -1.26. The van der Waals surface area contributed by atoms with Crippen LogP contribution in [0.15, 0.2) is 76.5 Å². The third kappa shape index (κ3) is 5.98. The molecule has 1 aliphatic rings. The van der Waals surface area contributed by atoms with Crippen LogP contribution in [0.5, 0.6) is 0 Å². The van der Waals surface area contributed by atoms with E-state index in [0.29, 0.717) is 39.0 Å². The van der Waals surface area contributed by atoms with Crippen molar-refractivity contribution in [1.29, 1.82) is 5.26 Å². The van der Waals surface area contributed by atoms with Gasteiger partial charge in [-0.05, 0) is 31.0 Å². The number of thioether (sulfide) groups is 1. The fraction of sp³-hybridized carbons (Fsp3) is 0.240. The van der Waals surface area contributed by atoms with Crippen molar-refractivity contribution in [1.82, 2.24) is 10.6 Å². The van der Waals surface area contributed by atoms with Gasteiger partial charge in [-0.2, -0.15) is 5.26 Å². The van der Waals surface area contributed by atoms with Crippen LogP contribution in [0.2, 0.25) is 5.02 Å². The van der Waals surface area contributed by atoms with Crippen molar-refractivity contribution in [3.05, 3.63) is 92.6 Å². The lowest BCUT2D eigenvalue weighted by molar-refractivity contribution is -0.138. The van der Waals surface area contributed by atoms with Crippen LogP contribution in [0.3, 0.4) is 0 Å². The fourth-order valence-corrected chi connectivity index (χ4v) is 4.68. The van der Waals surface area contributed by atoms with Gasteiger partial charge in [0.1, 0.15) is 0 Å². The number of halogens is 1. The molecule has 1 heterocycles. The summed E-state index contributed by atoms with van der Waals surface area (Å²) in [4.78, 5) is 25.2. The van der Waals surface area contributed by atoms with Crippen LogP contribution < -0.4 is 10.6 Å². The molecule has 2 N–H and O–H groups in total. The Morgan fingerprint density at radius 2 is 1.88 bits per heavy atom. The van der Waals surface area contributed by atoms with E-state index in [1.165, 1.54) is 11.8 Å². The zero-order valence-corrected chi connectivity index (χ0v) is 19.9. The molecule has 0 bridgehead atoms. The van der Waals surface area contributed by atoms with Gasteiger partial charge in [0, 0.05) is 17.3 Å². The molecule has 170 valence electrons. The Hall–Kier alpha value is -3.21. The van der Waals surface area contributed by atoms with E-state index in [9.17, 15) is 14.9 Å². The maximum atomic E-state index is 12.8. The van der Waals surface area contributed by atoms with Gasteiger partial charge < -0.3 is 15.4 Å². The minimum atomic E-state index is -0.695. The van der Waals surface area contributed by atoms with Gasteiger partial charge in [0.2, 0.25) is 5.91 Å². The summed E-state index contributed by atoms with van der Waals surface area (Å²) in [6.07, 6.45) is 0. The number of nitriles is 1. The molecule has 0 aromatic heterocycles. The van der Waals surface area contributed by atoms with Gasteiger partial charge in [-0.3, -0.25) is 4.79 Å². The molecular weight excluding hydrogens is 458 g/mol. The first-order valence-corrected chi connectivity index (χ1v) is 11.8. The van der Waals surface area contributed by atoms with Crippen LogP contribution in [-0.4, -0.2) is 24.2 Å². The molecule has 3 rings (SSSR count). The summed E-state index contributed by atoms with van der Waals surface area (Å²) in [6.45, 7) is 4.11. The number of amides is 1. The number of ether oxygens (including phenoxy) is 1. The van der Waals surface area contributed by atoms with Gasteiger partial charge in [0.25, 0.3) is 0 Å². The second-order valence-corrected chi connectivity index (χ2v) is 8.64. The van der Waals surface area contributed by atoms with Crippen molar-refractivity contribution in [3.63, 3.8) is 0 Å². The van der Waals surface area contributed by atoms with Gasteiger partial charge in [-0.1, -0.05) is 71.9 Å². The molecule has 0 saturated heterocycles. The molecule has 0 saturated carbocycles. The van der Waals surface area contributed by atoms with Crippen molar-refractivity contribution in [2.24, 2.45) is 0 Å². The first-order valence-electron chi connectivity index (χ1n) is 10.4. The smallest absolute Gasteiger partial charge is 0.336 e. The van der Waals surface area contributed by atoms with Crippen LogP contribution in [0.4, 0.5) is 0 Å². The zero-order valence-electron chi connectivity index (χ0n) is 18.4. The van der Waals surface area contributed by atoms with Crippen LogP contribution in [0.25, 0.3) is 0 Å². The van der Waals surface area contributed by atoms with Crippen LogP contribution in [0, 0.1) is 11.3 Å². The van der Waals surface area contributed by atoms with Crippen molar-refractivity contribution in [3.8, 4) is 6.07 Å². The van der Waals surface area contributed by atoms with E-state index in [2.05, 4.69) is 16.7 Å². The SMILES string of the molecule is CCOC(=O)C1=C(C)NC(SCC(=O)NCc2ccccc2)=C(C#N)C1c1ccccc1Cl. The molecule has 1 unspecified atom stereocenters. The predicted octanol–water partition coefficient (Wildman–Crippen LogP) is 4.65. The second kappa shape index (κ2) is 11.6. The number of benzene rings is 2. The van der Waals surface area contributed by atoms with Crippen molar-refractivity contribution < 1.29 is 14.3 Å². The largest absolute Gasteiger partial charge is 0.463 e. The van der Waals surface area contributed by atoms with E-state index in [1.54, 1.807) is 38.1 Å². The number of rotatable bonds is 8. The van der Waals surface area contributed by atoms with Crippen LogP contribution >= 0.6 is 23.4 Å².